The summed E-state index contributed by atoms with van der Waals surface area (Å²) in [7, 11) is 0. The molecular formula is C19H20FNO4. The molecule has 0 radical (unpaired) electrons. The standard InChI is InChI=1S/C19H20FNO4/c1-12-8-9-15(20)16(10-12)25-11-17(22)21-18(13(2)19(23)24)14-6-4-3-5-7-14/h3-10,13,18H,11H2,1-2H3,(H,21,22)(H,23,24). The van der Waals surface area contributed by atoms with Gasteiger partial charge in [-0.3, -0.25) is 9.59 Å². The number of aliphatic carboxylic acids is 1. The van der Waals surface area contributed by atoms with Gasteiger partial charge in [0.15, 0.2) is 18.2 Å². The molecule has 0 saturated heterocycles. The Labute approximate surface area is 145 Å². The van der Waals surface area contributed by atoms with Gasteiger partial charge in [-0.1, -0.05) is 36.4 Å². The summed E-state index contributed by atoms with van der Waals surface area (Å²) in [4.78, 5) is 23.5. The van der Waals surface area contributed by atoms with Crippen molar-refractivity contribution in [2.75, 3.05) is 6.61 Å². The van der Waals surface area contributed by atoms with E-state index in [0.29, 0.717) is 5.56 Å². The van der Waals surface area contributed by atoms with Crippen LogP contribution < -0.4 is 10.1 Å². The Hall–Kier alpha value is -2.89. The van der Waals surface area contributed by atoms with E-state index in [-0.39, 0.29) is 5.75 Å². The minimum Gasteiger partial charge on any atom is -0.481 e. The fraction of sp³-hybridized carbons (Fsp3) is 0.263. The molecular weight excluding hydrogens is 325 g/mol. The predicted molar refractivity (Wildman–Crippen MR) is 90.8 cm³/mol. The molecule has 1 amide bonds. The molecule has 0 aromatic heterocycles. The second kappa shape index (κ2) is 8.28. The molecule has 0 aliphatic rings. The van der Waals surface area contributed by atoms with Crippen LogP contribution in [0.3, 0.4) is 0 Å². The van der Waals surface area contributed by atoms with Crippen molar-refractivity contribution >= 4 is 11.9 Å². The highest BCUT2D eigenvalue weighted by molar-refractivity contribution is 5.79. The topological polar surface area (TPSA) is 75.6 Å². The number of aryl methyl sites for hydroxylation is 1. The Balaban J connectivity index is 2.06. The SMILES string of the molecule is Cc1ccc(F)c(OCC(=O)NC(c2ccccc2)C(C)C(=O)O)c1. The summed E-state index contributed by atoms with van der Waals surface area (Å²) in [6.45, 7) is 2.89. The highest BCUT2D eigenvalue weighted by atomic mass is 19.1. The summed E-state index contributed by atoms with van der Waals surface area (Å²) in [5, 5.41) is 11.9. The summed E-state index contributed by atoms with van der Waals surface area (Å²) in [5.41, 5.74) is 1.48. The molecule has 0 aliphatic carbocycles. The molecule has 132 valence electrons. The monoisotopic (exact) mass is 345 g/mol. The van der Waals surface area contributed by atoms with Gasteiger partial charge in [0.1, 0.15) is 0 Å². The summed E-state index contributed by atoms with van der Waals surface area (Å²) < 4.78 is 18.9. The van der Waals surface area contributed by atoms with Crippen molar-refractivity contribution in [2.24, 2.45) is 5.92 Å². The number of carbonyl (C=O) groups is 2. The van der Waals surface area contributed by atoms with Gasteiger partial charge in [0, 0.05) is 0 Å². The molecule has 0 bridgehead atoms. The molecule has 2 rings (SSSR count). The van der Waals surface area contributed by atoms with Gasteiger partial charge in [-0.25, -0.2) is 4.39 Å². The van der Waals surface area contributed by atoms with Crippen LogP contribution in [0, 0.1) is 18.7 Å². The molecule has 0 spiro atoms. The van der Waals surface area contributed by atoms with E-state index in [9.17, 15) is 19.1 Å². The molecule has 2 N–H and O–H groups in total. The zero-order valence-electron chi connectivity index (χ0n) is 14.0. The maximum atomic E-state index is 13.6. The van der Waals surface area contributed by atoms with Crippen LogP contribution in [0.2, 0.25) is 0 Å². The first kappa shape index (κ1) is 18.4. The Morgan fingerprint density at radius 1 is 1.20 bits per heavy atom. The van der Waals surface area contributed by atoms with Crippen LogP contribution in [0.1, 0.15) is 24.1 Å². The summed E-state index contributed by atoms with van der Waals surface area (Å²) in [5.74, 6) is -2.96. The third-order valence-electron chi connectivity index (χ3n) is 3.81. The largest absolute Gasteiger partial charge is 0.481 e. The number of hydrogen-bond acceptors (Lipinski definition) is 3. The van der Waals surface area contributed by atoms with Gasteiger partial charge in [0.2, 0.25) is 0 Å². The van der Waals surface area contributed by atoms with E-state index in [0.717, 1.165) is 5.56 Å². The first-order valence-corrected chi connectivity index (χ1v) is 7.84. The minimum absolute atomic E-state index is 0.0160. The van der Waals surface area contributed by atoms with E-state index in [1.807, 2.05) is 0 Å². The van der Waals surface area contributed by atoms with Crippen LogP contribution in [-0.4, -0.2) is 23.6 Å². The second-order valence-electron chi connectivity index (χ2n) is 5.81. The number of nitrogens with one attached hydrogen (secondary N) is 1. The number of benzene rings is 2. The normalized spacial score (nSPS) is 12.9. The van der Waals surface area contributed by atoms with Gasteiger partial charge in [0.25, 0.3) is 5.91 Å². The number of rotatable bonds is 7. The second-order valence-corrected chi connectivity index (χ2v) is 5.81. The maximum absolute atomic E-state index is 13.6. The van der Waals surface area contributed by atoms with Crippen molar-refractivity contribution in [1.82, 2.24) is 5.32 Å². The van der Waals surface area contributed by atoms with Gasteiger partial charge in [-0.2, -0.15) is 0 Å². The third-order valence-corrected chi connectivity index (χ3v) is 3.81. The fourth-order valence-corrected chi connectivity index (χ4v) is 2.38. The molecule has 25 heavy (non-hydrogen) atoms. The Kier molecular flexibility index (Phi) is 6.11. The summed E-state index contributed by atoms with van der Waals surface area (Å²) in [6.07, 6.45) is 0. The number of carbonyl (C=O) groups excluding carboxylic acids is 1. The van der Waals surface area contributed by atoms with E-state index in [1.165, 1.54) is 19.1 Å². The first-order chi connectivity index (χ1) is 11.9. The molecule has 0 aliphatic heterocycles. The number of amides is 1. The predicted octanol–water partition coefficient (Wildman–Crippen LogP) is 3.09. The lowest BCUT2D eigenvalue weighted by Gasteiger charge is -2.23. The molecule has 6 heteroatoms. The molecule has 2 atom stereocenters. The van der Waals surface area contributed by atoms with Crippen LogP contribution in [-0.2, 0) is 9.59 Å². The average molecular weight is 345 g/mol. The molecule has 0 heterocycles. The molecule has 2 aromatic rings. The van der Waals surface area contributed by atoms with Crippen molar-refractivity contribution in [2.45, 2.75) is 19.9 Å². The Bertz CT molecular complexity index is 748. The molecule has 2 aromatic carbocycles. The van der Waals surface area contributed by atoms with Crippen molar-refractivity contribution in [3.05, 3.63) is 65.5 Å². The van der Waals surface area contributed by atoms with E-state index in [1.54, 1.807) is 43.3 Å². The van der Waals surface area contributed by atoms with Crippen LogP contribution in [0.4, 0.5) is 4.39 Å². The summed E-state index contributed by atoms with van der Waals surface area (Å²) in [6, 6.07) is 12.5. The first-order valence-electron chi connectivity index (χ1n) is 7.84. The lowest BCUT2D eigenvalue weighted by atomic mass is 9.94. The molecule has 0 fully saturated rings. The van der Waals surface area contributed by atoms with E-state index in [4.69, 9.17) is 4.74 Å². The molecule has 0 saturated carbocycles. The smallest absolute Gasteiger partial charge is 0.308 e. The quantitative estimate of drug-likeness (QED) is 0.808. The number of carboxylic acid groups (broad SMARTS) is 1. The highest BCUT2D eigenvalue weighted by Crippen LogP contribution is 2.22. The zero-order valence-corrected chi connectivity index (χ0v) is 14.0. The Morgan fingerprint density at radius 2 is 1.88 bits per heavy atom. The van der Waals surface area contributed by atoms with E-state index < -0.39 is 36.3 Å². The highest BCUT2D eigenvalue weighted by Gasteiger charge is 2.26. The number of ether oxygens (including phenoxy) is 1. The van der Waals surface area contributed by atoms with Crippen LogP contribution in [0.5, 0.6) is 5.75 Å². The number of carboxylic acids is 1. The van der Waals surface area contributed by atoms with Gasteiger partial charge >= 0.3 is 5.97 Å². The number of halogens is 1. The van der Waals surface area contributed by atoms with Crippen LogP contribution in [0.15, 0.2) is 48.5 Å². The fourth-order valence-electron chi connectivity index (χ4n) is 2.38. The molecule has 2 unspecified atom stereocenters. The van der Waals surface area contributed by atoms with Gasteiger partial charge < -0.3 is 15.2 Å². The number of hydrogen-bond donors (Lipinski definition) is 2. The van der Waals surface area contributed by atoms with Crippen molar-refractivity contribution in [3.8, 4) is 5.75 Å². The average Bonchev–Trinajstić information content (AvgIpc) is 2.60. The van der Waals surface area contributed by atoms with E-state index >= 15 is 0 Å². The van der Waals surface area contributed by atoms with Gasteiger partial charge in [-0.15, -0.1) is 0 Å². The zero-order chi connectivity index (χ0) is 18.4. The Morgan fingerprint density at radius 3 is 2.52 bits per heavy atom. The lowest BCUT2D eigenvalue weighted by Crippen LogP contribution is -2.38. The van der Waals surface area contributed by atoms with E-state index in [2.05, 4.69) is 5.32 Å². The lowest BCUT2D eigenvalue weighted by molar-refractivity contribution is -0.142. The van der Waals surface area contributed by atoms with Crippen molar-refractivity contribution in [1.29, 1.82) is 0 Å². The van der Waals surface area contributed by atoms with Crippen LogP contribution >= 0.6 is 0 Å². The third kappa shape index (κ3) is 5.04. The van der Waals surface area contributed by atoms with Crippen molar-refractivity contribution in [3.63, 3.8) is 0 Å². The van der Waals surface area contributed by atoms with Gasteiger partial charge in [0.05, 0.1) is 12.0 Å². The minimum atomic E-state index is -1.03. The van der Waals surface area contributed by atoms with Crippen molar-refractivity contribution < 1.29 is 23.8 Å². The maximum Gasteiger partial charge on any atom is 0.308 e. The molecule has 5 nitrogen and oxygen atoms in total. The van der Waals surface area contributed by atoms with Crippen LogP contribution in [0.25, 0.3) is 0 Å². The van der Waals surface area contributed by atoms with Gasteiger partial charge in [-0.05, 0) is 37.1 Å². The summed E-state index contributed by atoms with van der Waals surface area (Å²) >= 11 is 0.